The van der Waals surface area contributed by atoms with Crippen LogP contribution in [0.2, 0.25) is 0 Å². The van der Waals surface area contributed by atoms with Crippen molar-refractivity contribution in [1.29, 1.82) is 0 Å². The minimum Gasteiger partial charge on any atom is -0.434 e. The number of aromatic amines is 1. The molecule has 0 spiro atoms. The summed E-state index contributed by atoms with van der Waals surface area (Å²) in [7, 11) is 2.06. The van der Waals surface area contributed by atoms with Gasteiger partial charge in [-0.05, 0) is 38.6 Å². The molecule has 0 saturated carbocycles. The summed E-state index contributed by atoms with van der Waals surface area (Å²) in [5.41, 5.74) is 2.16. The zero-order valence-corrected chi connectivity index (χ0v) is 19.8. The molecule has 5 heterocycles. The Balaban J connectivity index is 1.43. The van der Waals surface area contributed by atoms with Crippen molar-refractivity contribution >= 4 is 28.1 Å². The van der Waals surface area contributed by atoms with Crippen molar-refractivity contribution in [3.63, 3.8) is 0 Å². The second-order valence-corrected chi connectivity index (χ2v) is 8.97. The maximum absolute atomic E-state index is 13.3. The van der Waals surface area contributed by atoms with Crippen LogP contribution in [0.4, 0.5) is 14.5 Å². The van der Waals surface area contributed by atoms with Gasteiger partial charge in [0, 0.05) is 41.6 Å². The number of likely N-dealkylation sites (N-methyl/N-ethyl adjacent to an activating group) is 1. The first kappa shape index (κ1) is 23.0. The predicted octanol–water partition coefficient (Wildman–Crippen LogP) is 3.42. The maximum atomic E-state index is 13.3. The van der Waals surface area contributed by atoms with Crippen molar-refractivity contribution < 1.29 is 18.3 Å². The largest absolute Gasteiger partial charge is 0.434 e. The molecule has 0 radical (unpaired) electrons. The van der Waals surface area contributed by atoms with Crippen molar-refractivity contribution in [3.05, 3.63) is 54.7 Å². The molecule has 1 aliphatic heterocycles. The molecule has 1 aromatic carbocycles. The maximum Gasteiger partial charge on any atom is 0.387 e. The Labute approximate surface area is 209 Å². The van der Waals surface area contributed by atoms with Gasteiger partial charge >= 0.3 is 6.61 Å². The molecule has 5 aromatic rings. The summed E-state index contributed by atoms with van der Waals surface area (Å²) in [4.78, 5) is 19.8. The van der Waals surface area contributed by atoms with Crippen molar-refractivity contribution in [3.8, 4) is 17.0 Å². The number of likely N-dealkylation sites (tertiary alicyclic amines) is 1. The van der Waals surface area contributed by atoms with Gasteiger partial charge in [0.25, 0.3) is 5.91 Å². The summed E-state index contributed by atoms with van der Waals surface area (Å²) < 4.78 is 34.8. The van der Waals surface area contributed by atoms with E-state index in [4.69, 9.17) is 9.84 Å². The SMILES string of the molecule is CN1CCC[C@H]1Cn1cc(NC(=O)c2cnn3cccnc23)c(-c2cc3cn[nH]c3cc2OC(F)F)n1. The van der Waals surface area contributed by atoms with Crippen LogP contribution in [-0.4, -0.2) is 71.6 Å². The number of rotatable bonds is 7. The van der Waals surface area contributed by atoms with Crippen LogP contribution in [0.25, 0.3) is 27.8 Å². The monoisotopic (exact) mass is 507 g/mol. The topological polar surface area (TPSA) is 118 Å². The quantitative estimate of drug-likeness (QED) is 0.347. The normalized spacial score (nSPS) is 16.3. The van der Waals surface area contributed by atoms with Crippen LogP contribution in [-0.2, 0) is 6.54 Å². The number of halogens is 2. The van der Waals surface area contributed by atoms with Gasteiger partial charge in [-0.25, -0.2) is 9.50 Å². The standard InChI is InChI=1S/C24H23F2N9O2/c1-33-6-2-4-15(33)12-34-13-19(30-23(36)17-11-29-35-7-3-5-27-22(17)35)21(32-34)16-8-14-10-28-31-18(14)9-20(16)37-24(25)26/h3,5,7-11,13,15,24H,2,4,6,12H2,1H3,(H,28,31)(H,30,36)/t15-/m0/s1. The summed E-state index contributed by atoms with van der Waals surface area (Å²) in [6, 6.07) is 5.10. The first-order valence-corrected chi connectivity index (χ1v) is 11.8. The number of fused-ring (bicyclic) bond motifs is 2. The molecule has 0 aliphatic carbocycles. The Kier molecular flexibility index (Phi) is 5.75. The number of benzene rings is 1. The van der Waals surface area contributed by atoms with Gasteiger partial charge in [0.05, 0.1) is 30.1 Å². The van der Waals surface area contributed by atoms with Gasteiger partial charge in [-0.1, -0.05) is 0 Å². The number of ether oxygens (including phenoxy) is 1. The number of hydrogen-bond donors (Lipinski definition) is 2. The second kappa shape index (κ2) is 9.24. The third-order valence-electron chi connectivity index (χ3n) is 6.61. The molecule has 0 bridgehead atoms. The van der Waals surface area contributed by atoms with Crippen LogP contribution < -0.4 is 10.1 Å². The van der Waals surface area contributed by atoms with E-state index < -0.39 is 12.5 Å². The van der Waals surface area contributed by atoms with Crippen LogP contribution in [0.3, 0.4) is 0 Å². The molecule has 1 fully saturated rings. The Hall–Kier alpha value is -4.39. The summed E-state index contributed by atoms with van der Waals surface area (Å²) in [6.07, 6.45) is 10.1. The average molecular weight is 508 g/mol. The highest BCUT2D eigenvalue weighted by molar-refractivity contribution is 6.09. The fourth-order valence-electron chi connectivity index (χ4n) is 4.76. The molecule has 4 aromatic heterocycles. The lowest BCUT2D eigenvalue weighted by Gasteiger charge is -2.18. The third-order valence-corrected chi connectivity index (χ3v) is 6.61. The van der Waals surface area contributed by atoms with E-state index in [9.17, 15) is 13.6 Å². The molecule has 2 N–H and O–H groups in total. The van der Waals surface area contributed by atoms with E-state index in [0.717, 1.165) is 19.4 Å². The van der Waals surface area contributed by atoms with Crippen molar-refractivity contribution in [1.82, 2.24) is 39.5 Å². The first-order valence-electron chi connectivity index (χ1n) is 11.8. The molecule has 1 atom stereocenters. The molecule has 0 unspecified atom stereocenters. The summed E-state index contributed by atoms with van der Waals surface area (Å²) >= 11 is 0. The molecule has 13 heteroatoms. The summed E-state index contributed by atoms with van der Waals surface area (Å²) in [5, 5.41) is 19.2. The fourth-order valence-corrected chi connectivity index (χ4v) is 4.76. The van der Waals surface area contributed by atoms with Gasteiger partial charge in [-0.3, -0.25) is 14.6 Å². The second-order valence-electron chi connectivity index (χ2n) is 8.97. The highest BCUT2D eigenvalue weighted by Gasteiger charge is 2.25. The lowest BCUT2D eigenvalue weighted by Crippen LogP contribution is -2.29. The zero-order valence-electron chi connectivity index (χ0n) is 19.8. The van der Waals surface area contributed by atoms with Gasteiger partial charge in [0.2, 0.25) is 0 Å². The highest BCUT2D eigenvalue weighted by atomic mass is 19.3. The van der Waals surface area contributed by atoms with E-state index in [2.05, 4.69) is 37.5 Å². The van der Waals surface area contributed by atoms with Crippen LogP contribution in [0.1, 0.15) is 23.2 Å². The number of nitrogens with one attached hydrogen (secondary N) is 2. The highest BCUT2D eigenvalue weighted by Crippen LogP contribution is 2.38. The Morgan fingerprint density at radius 3 is 3.03 bits per heavy atom. The van der Waals surface area contributed by atoms with Gasteiger partial charge in [-0.15, -0.1) is 0 Å². The molecule has 6 rings (SSSR count). The lowest BCUT2D eigenvalue weighted by molar-refractivity contribution is -0.0493. The van der Waals surface area contributed by atoms with Crippen LogP contribution >= 0.6 is 0 Å². The number of carbonyl (C=O) groups excluding carboxylic acids is 1. The van der Waals surface area contributed by atoms with Crippen LogP contribution in [0.15, 0.2) is 49.2 Å². The van der Waals surface area contributed by atoms with Gasteiger partial charge in [0.15, 0.2) is 5.65 Å². The van der Waals surface area contributed by atoms with E-state index in [1.54, 1.807) is 41.6 Å². The molecular formula is C24H23F2N9O2. The van der Waals surface area contributed by atoms with Crippen LogP contribution in [0, 0.1) is 0 Å². The summed E-state index contributed by atoms with van der Waals surface area (Å²) in [6.45, 7) is -1.47. The Morgan fingerprint density at radius 2 is 2.22 bits per heavy atom. The third kappa shape index (κ3) is 4.37. The number of aromatic nitrogens is 7. The fraction of sp³-hybridized carbons (Fsp3) is 0.292. The summed E-state index contributed by atoms with van der Waals surface area (Å²) in [5.74, 6) is -0.531. The number of amides is 1. The van der Waals surface area contributed by atoms with Gasteiger partial charge in [0.1, 0.15) is 17.0 Å². The minimum atomic E-state index is -3.05. The number of anilines is 1. The number of hydrogen-bond acceptors (Lipinski definition) is 7. The van der Waals surface area contributed by atoms with Gasteiger partial charge < -0.3 is 15.0 Å². The molecule has 1 saturated heterocycles. The molecule has 190 valence electrons. The van der Waals surface area contributed by atoms with Crippen LogP contribution in [0.5, 0.6) is 5.75 Å². The molecule has 1 amide bonds. The van der Waals surface area contributed by atoms with Crippen molar-refractivity contribution in [2.45, 2.75) is 32.0 Å². The number of carbonyl (C=O) groups is 1. The van der Waals surface area contributed by atoms with E-state index in [-0.39, 0.29) is 17.4 Å². The predicted molar refractivity (Wildman–Crippen MR) is 131 cm³/mol. The molecule has 37 heavy (non-hydrogen) atoms. The zero-order chi connectivity index (χ0) is 25.5. The van der Waals surface area contributed by atoms with Crippen molar-refractivity contribution in [2.75, 3.05) is 18.9 Å². The van der Waals surface area contributed by atoms with Gasteiger partial charge in [-0.2, -0.15) is 24.1 Å². The number of nitrogens with zero attached hydrogens (tertiary/aromatic N) is 7. The minimum absolute atomic E-state index is 0.0804. The molecular weight excluding hydrogens is 484 g/mol. The number of H-pyrrole nitrogens is 1. The Morgan fingerprint density at radius 1 is 1.32 bits per heavy atom. The Bertz CT molecular complexity index is 1590. The molecule has 1 aliphatic rings. The first-order chi connectivity index (χ1) is 18.0. The van der Waals surface area contributed by atoms with E-state index >= 15 is 0 Å². The smallest absolute Gasteiger partial charge is 0.387 e. The average Bonchev–Trinajstić information content (AvgIpc) is 3.66. The number of alkyl halides is 2. The molecule has 11 nitrogen and oxygen atoms in total. The lowest BCUT2D eigenvalue weighted by atomic mass is 10.1. The van der Waals surface area contributed by atoms with Crippen molar-refractivity contribution in [2.24, 2.45) is 0 Å². The van der Waals surface area contributed by atoms with E-state index in [1.165, 1.54) is 16.8 Å². The van der Waals surface area contributed by atoms with E-state index in [0.29, 0.717) is 40.0 Å². The van der Waals surface area contributed by atoms with E-state index in [1.807, 2.05) is 0 Å².